The van der Waals surface area contributed by atoms with E-state index < -0.39 is 0 Å². The first-order valence-corrected chi connectivity index (χ1v) is 12.5. The van der Waals surface area contributed by atoms with Gasteiger partial charge in [0.15, 0.2) is 5.65 Å². The Labute approximate surface area is 220 Å². The molecule has 8 nitrogen and oxygen atoms in total. The number of allylic oxidation sites excluding steroid dienone is 1. The molecule has 0 atom stereocenters. The molecule has 6 aromatic rings. The molecule has 6 aromatic heterocycles. The van der Waals surface area contributed by atoms with Gasteiger partial charge in [0.1, 0.15) is 0 Å². The Morgan fingerprint density at radius 3 is 2.53 bits per heavy atom. The van der Waals surface area contributed by atoms with Gasteiger partial charge in [-0.1, -0.05) is 33.4 Å². The van der Waals surface area contributed by atoms with E-state index in [1.807, 2.05) is 49.3 Å². The van der Waals surface area contributed by atoms with Crippen molar-refractivity contribution in [3.63, 3.8) is 0 Å². The van der Waals surface area contributed by atoms with E-state index >= 15 is 0 Å². The van der Waals surface area contributed by atoms with E-state index in [0.29, 0.717) is 5.65 Å². The topological polar surface area (TPSA) is 108 Å². The Morgan fingerprint density at radius 1 is 0.895 bits per heavy atom. The summed E-state index contributed by atoms with van der Waals surface area (Å²) in [6, 6.07) is 10.2. The Hall–Kier alpha value is -4.85. The molecule has 0 fully saturated rings. The minimum Gasteiger partial charge on any atom is -0.358 e. The number of hydrogen-bond donors (Lipinski definition) is 3. The maximum atomic E-state index is 4.62. The zero-order valence-electron chi connectivity index (χ0n) is 21.6. The minimum atomic E-state index is 0.152. The number of aromatic nitrogens is 7. The van der Waals surface area contributed by atoms with Crippen LogP contribution in [0.1, 0.15) is 27.2 Å². The number of pyridine rings is 4. The largest absolute Gasteiger partial charge is 0.358 e. The van der Waals surface area contributed by atoms with E-state index in [9.17, 15) is 0 Å². The van der Waals surface area contributed by atoms with Gasteiger partial charge >= 0.3 is 0 Å². The third-order valence-corrected chi connectivity index (χ3v) is 6.33. The number of fused-ring (bicyclic) bond motifs is 2. The van der Waals surface area contributed by atoms with E-state index in [1.165, 1.54) is 0 Å². The number of nitrogens with one attached hydrogen (secondary N) is 3. The van der Waals surface area contributed by atoms with Gasteiger partial charge in [0.25, 0.3) is 0 Å². The molecule has 3 N–H and O–H groups in total. The monoisotopic (exact) mass is 500 g/mol. The van der Waals surface area contributed by atoms with Crippen molar-refractivity contribution in [2.75, 3.05) is 5.32 Å². The van der Waals surface area contributed by atoms with Crippen LogP contribution in [0.3, 0.4) is 0 Å². The van der Waals surface area contributed by atoms with Crippen LogP contribution in [0.15, 0.2) is 86.0 Å². The third kappa shape index (κ3) is 4.64. The van der Waals surface area contributed by atoms with Crippen LogP contribution in [0, 0.1) is 5.41 Å². The summed E-state index contributed by atoms with van der Waals surface area (Å²) in [5, 5.41) is 13.0. The predicted molar refractivity (Wildman–Crippen MR) is 152 cm³/mol. The summed E-state index contributed by atoms with van der Waals surface area (Å²) in [5.41, 5.74) is 9.31. The normalized spacial score (nSPS) is 11.8. The van der Waals surface area contributed by atoms with Crippen molar-refractivity contribution < 1.29 is 0 Å². The molecule has 0 aliphatic rings. The van der Waals surface area contributed by atoms with E-state index in [0.717, 1.165) is 67.7 Å². The van der Waals surface area contributed by atoms with Crippen LogP contribution in [-0.4, -0.2) is 35.1 Å². The fraction of sp³-hybridized carbons (Fsp3) is 0.167. The molecular formula is C30H28N8. The standard InChI is InChI=1S/C30H28N8/c1-18(11-30(2,3)4)35-22-8-20(13-32-15-22)21-9-24-28(37-38-29(24)34-14-21)26-10-23-25(16-33-17-27(23)36-26)19-6-5-7-31-12-19/h5-10,12-17,35-36H,1,11H2,2-4H3,(H,34,37,38). The Bertz CT molecular complexity index is 1770. The summed E-state index contributed by atoms with van der Waals surface area (Å²) < 4.78 is 0. The lowest BCUT2D eigenvalue weighted by atomic mass is 9.91. The highest BCUT2D eigenvalue weighted by molar-refractivity contribution is 6.00. The maximum absolute atomic E-state index is 4.62. The van der Waals surface area contributed by atoms with Gasteiger partial charge in [-0.2, -0.15) is 5.10 Å². The van der Waals surface area contributed by atoms with Crippen LogP contribution in [0.2, 0.25) is 0 Å². The summed E-state index contributed by atoms with van der Waals surface area (Å²) in [5.74, 6) is 0. The molecule has 0 aromatic carbocycles. The second kappa shape index (κ2) is 9.23. The average Bonchev–Trinajstić information content (AvgIpc) is 3.51. The van der Waals surface area contributed by atoms with Crippen LogP contribution in [0.5, 0.6) is 0 Å². The number of nitrogens with zero attached hydrogens (tertiary/aromatic N) is 5. The molecule has 188 valence electrons. The first-order chi connectivity index (χ1) is 18.3. The summed E-state index contributed by atoms with van der Waals surface area (Å²) in [6.45, 7) is 10.8. The second-order valence-corrected chi connectivity index (χ2v) is 10.7. The van der Waals surface area contributed by atoms with Crippen molar-refractivity contribution in [1.29, 1.82) is 0 Å². The molecular weight excluding hydrogens is 472 g/mol. The molecule has 6 rings (SSSR count). The number of H-pyrrole nitrogens is 2. The molecule has 6 heterocycles. The van der Waals surface area contributed by atoms with Crippen LogP contribution < -0.4 is 5.32 Å². The van der Waals surface area contributed by atoms with Crippen molar-refractivity contribution in [3.05, 3.63) is 86.0 Å². The summed E-state index contributed by atoms with van der Waals surface area (Å²) in [7, 11) is 0. The SMILES string of the molecule is C=C(CC(C)(C)C)Nc1cncc(-c2cnc3n[nH]c(-c4cc5c(-c6cccnc6)cncc5[nH]4)c3c2)c1. The lowest BCUT2D eigenvalue weighted by Gasteiger charge is -2.20. The second-order valence-electron chi connectivity index (χ2n) is 10.7. The van der Waals surface area contributed by atoms with Gasteiger partial charge in [-0.25, -0.2) is 4.98 Å². The van der Waals surface area contributed by atoms with E-state index in [2.05, 4.69) is 86.0 Å². The van der Waals surface area contributed by atoms with Crippen molar-refractivity contribution in [1.82, 2.24) is 35.1 Å². The Kier molecular flexibility index (Phi) is 5.72. The number of anilines is 1. The molecule has 38 heavy (non-hydrogen) atoms. The molecule has 8 heteroatoms. The summed E-state index contributed by atoms with van der Waals surface area (Å²) in [4.78, 5) is 21.3. The number of rotatable bonds is 6. The van der Waals surface area contributed by atoms with Crippen LogP contribution in [0.25, 0.3) is 55.6 Å². The molecule has 0 spiro atoms. The smallest absolute Gasteiger partial charge is 0.181 e. The van der Waals surface area contributed by atoms with Gasteiger partial charge in [-0.15, -0.1) is 0 Å². The van der Waals surface area contributed by atoms with Crippen LogP contribution in [-0.2, 0) is 0 Å². The Balaban J connectivity index is 1.36. The van der Waals surface area contributed by atoms with Crippen LogP contribution >= 0.6 is 0 Å². The first-order valence-electron chi connectivity index (χ1n) is 12.5. The average molecular weight is 501 g/mol. The van der Waals surface area contributed by atoms with Gasteiger partial charge in [0.05, 0.1) is 35.0 Å². The molecule has 0 radical (unpaired) electrons. The van der Waals surface area contributed by atoms with E-state index in [-0.39, 0.29) is 5.41 Å². The van der Waals surface area contributed by atoms with Gasteiger partial charge in [-0.05, 0) is 36.1 Å². The molecule has 0 saturated heterocycles. The Morgan fingerprint density at radius 2 is 1.71 bits per heavy atom. The van der Waals surface area contributed by atoms with Gasteiger partial charge in [0.2, 0.25) is 0 Å². The number of hydrogen-bond acceptors (Lipinski definition) is 6. The minimum absolute atomic E-state index is 0.152. The summed E-state index contributed by atoms with van der Waals surface area (Å²) in [6.07, 6.45) is 13.7. The number of aromatic amines is 2. The quantitative estimate of drug-likeness (QED) is 0.227. The lowest BCUT2D eigenvalue weighted by molar-refractivity contribution is 0.411. The molecule has 0 unspecified atom stereocenters. The fourth-order valence-electron chi connectivity index (χ4n) is 4.76. The molecule has 0 saturated carbocycles. The molecule has 0 aliphatic carbocycles. The zero-order chi connectivity index (χ0) is 26.3. The molecule has 0 bridgehead atoms. The van der Waals surface area contributed by atoms with Crippen molar-refractivity contribution >= 4 is 27.6 Å². The zero-order valence-corrected chi connectivity index (χ0v) is 21.6. The van der Waals surface area contributed by atoms with Gasteiger partial charge in [-0.3, -0.25) is 20.1 Å². The predicted octanol–water partition coefficient (Wildman–Crippen LogP) is 6.99. The molecule has 0 amide bonds. The van der Waals surface area contributed by atoms with E-state index in [1.54, 1.807) is 6.20 Å². The van der Waals surface area contributed by atoms with Gasteiger partial charge < -0.3 is 10.3 Å². The van der Waals surface area contributed by atoms with Crippen molar-refractivity contribution in [2.45, 2.75) is 27.2 Å². The highest BCUT2D eigenvalue weighted by Gasteiger charge is 2.16. The van der Waals surface area contributed by atoms with Crippen molar-refractivity contribution in [3.8, 4) is 33.6 Å². The first kappa shape index (κ1) is 23.5. The highest BCUT2D eigenvalue weighted by Crippen LogP contribution is 2.34. The third-order valence-electron chi connectivity index (χ3n) is 6.33. The van der Waals surface area contributed by atoms with Crippen molar-refractivity contribution in [2.24, 2.45) is 5.41 Å². The fourth-order valence-corrected chi connectivity index (χ4v) is 4.76. The highest BCUT2D eigenvalue weighted by atomic mass is 15.2. The van der Waals surface area contributed by atoms with E-state index in [4.69, 9.17) is 0 Å². The summed E-state index contributed by atoms with van der Waals surface area (Å²) >= 11 is 0. The maximum Gasteiger partial charge on any atom is 0.181 e. The lowest BCUT2D eigenvalue weighted by Crippen LogP contribution is -2.10. The molecule has 0 aliphatic heterocycles. The van der Waals surface area contributed by atoms with Crippen LogP contribution in [0.4, 0.5) is 5.69 Å². The van der Waals surface area contributed by atoms with Gasteiger partial charge in [0, 0.05) is 69.7 Å².